The largest absolute Gasteiger partial charge is 0.497 e. The predicted octanol–water partition coefficient (Wildman–Crippen LogP) is 4.03. The van der Waals surface area contributed by atoms with Gasteiger partial charge in [-0.15, -0.1) is 0 Å². The first kappa shape index (κ1) is 18.0. The van der Waals surface area contributed by atoms with E-state index in [1.54, 1.807) is 31.4 Å². The van der Waals surface area contributed by atoms with Crippen LogP contribution in [0, 0.1) is 0 Å². The molecule has 0 atom stereocenters. The van der Waals surface area contributed by atoms with Crippen LogP contribution in [0.4, 0.5) is 11.4 Å². The number of anilines is 2. The number of hydrogen-bond donors (Lipinski definition) is 1. The molecule has 1 N–H and O–H groups in total. The summed E-state index contributed by atoms with van der Waals surface area (Å²) < 4.78 is 5.17. The van der Waals surface area contributed by atoms with Gasteiger partial charge >= 0.3 is 0 Å². The second-order valence-corrected chi connectivity index (χ2v) is 6.43. The van der Waals surface area contributed by atoms with Gasteiger partial charge in [0.05, 0.1) is 7.11 Å². The Bertz CT molecular complexity index is 817. The van der Waals surface area contributed by atoms with Crippen molar-refractivity contribution in [1.29, 1.82) is 0 Å². The van der Waals surface area contributed by atoms with E-state index in [9.17, 15) is 9.59 Å². The number of amides is 2. The molecule has 5 heteroatoms. The van der Waals surface area contributed by atoms with Gasteiger partial charge in [0, 0.05) is 29.9 Å². The lowest BCUT2D eigenvalue weighted by molar-refractivity contribution is -0.118. The van der Waals surface area contributed by atoms with Crippen LogP contribution in [0.15, 0.2) is 42.5 Å². The smallest absolute Gasteiger partial charge is 0.255 e. The zero-order valence-corrected chi connectivity index (χ0v) is 15.2. The Hall–Kier alpha value is -2.82. The molecule has 0 saturated heterocycles. The van der Waals surface area contributed by atoms with E-state index < -0.39 is 0 Å². The molecule has 1 heterocycles. The fraction of sp³-hybridized carbons (Fsp3) is 0.333. The number of nitrogens with zero attached hydrogens (tertiary/aromatic N) is 1. The maximum atomic E-state index is 12.5. The standard InChI is InChI=1S/C21H24N2O3/c1-3-4-12-23-19-10-9-17(13-15(19)8-11-20(23)24)22-21(25)16-6-5-7-18(14-16)26-2/h5-7,9-10,13-14H,3-4,8,11-12H2,1-2H3,(H,22,25). The topological polar surface area (TPSA) is 58.6 Å². The number of carbonyl (C=O) groups excluding carboxylic acids is 2. The van der Waals surface area contributed by atoms with Crippen LogP contribution in [-0.4, -0.2) is 25.5 Å². The molecule has 0 fully saturated rings. The summed E-state index contributed by atoms with van der Waals surface area (Å²) in [5.74, 6) is 0.644. The monoisotopic (exact) mass is 352 g/mol. The van der Waals surface area contributed by atoms with Crippen LogP contribution in [0.25, 0.3) is 0 Å². The number of aryl methyl sites for hydroxylation is 1. The molecule has 0 aromatic heterocycles. The molecule has 0 radical (unpaired) electrons. The van der Waals surface area contributed by atoms with E-state index in [1.807, 2.05) is 23.1 Å². The Balaban J connectivity index is 1.78. The fourth-order valence-corrected chi connectivity index (χ4v) is 3.17. The van der Waals surface area contributed by atoms with Gasteiger partial charge in [-0.25, -0.2) is 0 Å². The summed E-state index contributed by atoms with van der Waals surface area (Å²) in [6.07, 6.45) is 3.26. The molecular formula is C21H24N2O3. The number of unbranched alkanes of at least 4 members (excludes halogenated alkanes) is 1. The number of nitrogens with one attached hydrogen (secondary N) is 1. The van der Waals surface area contributed by atoms with Crippen molar-refractivity contribution in [2.75, 3.05) is 23.9 Å². The maximum Gasteiger partial charge on any atom is 0.255 e. The number of ether oxygens (including phenoxy) is 1. The zero-order valence-electron chi connectivity index (χ0n) is 15.2. The van der Waals surface area contributed by atoms with Crippen LogP contribution in [-0.2, 0) is 11.2 Å². The molecule has 0 aliphatic carbocycles. The van der Waals surface area contributed by atoms with E-state index in [4.69, 9.17) is 4.74 Å². The minimum atomic E-state index is -0.182. The van der Waals surface area contributed by atoms with Crippen molar-refractivity contribution in [3.05, 3.63) is 53.6 Å². The van der Waals surface area contributed by atoms with Crippen molar-refractivity contribution in [3.63, 3.8) is 0 Å². The van der Waals surface area contributed by atoms with E-state index in [0.717, 1.165) is 36.3 Å². The minimum absolute atomic E-state index is 0.180. The van der Waals surface area contributed by atoms with E-state index in [-0.39, 0.29) is 11.8 Å². The lowest BCUT2D eigenvalue weighted by Crippen LogP contribution is -2.35. The van der Waals surface area contributed by atoms with E-state index in [1.165, 1.54) is 0 Å². The fourth-order valence-electron chi connectivity index (χ4n) is 3.17. The van der Waals surface area contributed by atoms with Crippen molar-refractivity contribution in [2.24, 2.45) is 0 Å². The van der Waals surface area contributed by atoms with Crippen LogP contribution in [0.5, 0.6) is 5.75 Å². The first-order valence-corrected chi connectivity index (χ1v) is 9.01. The van der Waals surface area contributed by atoms with Gasteiger partial charge in [0.1, 0.15) is 5.75 Å². The molecule has 3 rings (SSSR count). The number of rotatable bonds is 6. The van der Waals surface area contributed by atoms with Crippen molar-refractivity contribution < 1.29 is 14.3 Å². The Morgan fingerprint density at radius 1 is 1.19 bits per heavy atom. The van der Waals surface area contributed by atoms with Gasteiger partial charge in [0.25, 0.3) is 5.91 Å². The minimum Gasteiger partial charge on any atom is -0.497 e. The average molecular weight is 352 g/mol. The summed E-state index contributed by atoms with van der Waals surface area (Å²) in [6, 6.07) is 12.8. The highest BCUT2D eigenvalue weighted by molar-refractivity contribution is 6.05. The average Bonchev–Trinajstić information content (AvgIpc) is 2.67. The quantitative estimate of drug-likeness (QED) is 0.854. The highest BCUT2D eigenvalue weighted by Gasteiger charge is 2.23. The third-order valence-corrected chi connectivity index (χ3v) is 4.60. The van der Waals surface area contributed by atoms with Crippen LogP contribution in [0.2, 0.25) is 0 Å². The molecule has 26 heavy (non-hydrogen) atoms. The van der Waals surface area contributed by atoms with Crippen LogP contribution >= 0.6 is 0 Å². The molecule has 0 spiro atoms. The normalized spacial score (nSPS) is 13.3. The lowest BCUT2D eigenvalue weighted by atomic mass is 10.00. The molecule has 136 valence electrons. The van der Waals surface area contributed by atoms with Gasteiger partial charge in [-0.2, -0.15) is 0 Å². The molecule has 1 aliphatic heterocycles. The first-order valence-electron chi connectivity index (χ1n) is 9.01. The highest BCUT2D eigenvalue weighted by Crippen LogP contribution is 2.30. The summed E-state index contributed by atoms with van der Waals surface area (Å²) in [4.78, 5) is 26.6. The second-order valence-electron chi connectivity index (χ2n) is 6.43. The zero-order chi connectivity index (χ0) is 18.5. The summed E-state index contributed by atoms with van der Waals surface area (Å²) >= 11 is 0. The van der Waals surface area contributed by atoms with Gasteiger partial charge in [0.15, 0.2) is 0 Å². The molecule has 5 nitrogen and oxygen atoms in total. The number of methoxy groups -OCH3 is 1. The van der Waals surface area contributed by atoms with Gasteiger partial charge in [-0.05, 0) is 54.8 Å². The van der Waals surface area contributed by atoms with Crippen molar-refractivity contribution in [1.82, 2.24) is 0 Å². The van der Waals surface area contributed by atoms with Crippen molar-refractivity contribution in [2.45, 2.75) is 32.6 Å². The molecule has 2 aromatic rings. The third kappa shape index (κ3) is 3.87. The first-order chi connectivity index (χ1) is 12.6. The Labute approximate surface area is 154 Å². The summed E-state index contributed by atoms with van der Waals surface area (Å²) in [5.41, 5.74) is 3.35. The predicted molar refractivity (Wildman–Crippen MR) is 103 cm³/mol. The molecule has 2 amide bonds. The van der Waals surface area contributed by atoms with Gasteiger partial charge in [-0.1, -0.05) is 19.4 Å². The molecular weight excluding hydrogens is 328 g/mol. The van der Waals surface area contributed by atoms with Crippen molar-refractivity contribution in [3.8, 4) is 5.75 Å². The summed E-state index contributed by atoms with van der Waals surface area (Å²) in [6.45, 7) is 2.87. The van der Waals surface area contributed by atoms with Crippen molar-refractivity contribution >= 4 is 23.2 Å². The number of carbonyl (C=O) groups is 2. The Morgan fingerprint density at radius 3 is 2.81 bits per heavy atom. The van der Waals surface area contributed by atoms with E-state index in [2.05, 4.69) is 12.2 Å². The third-order valence-electron chi connectivity index (χ3n) is 4.60. The second kappa shape index (κ2) is 8.04. The van der Waals surface area contributed by atoms with Crippen LogP contribution in [0.3, 0.4) is 0 Å². The van der Waals surface area contributed by atoms with E-state index >= 15 is 0 Å². The Kier molecular flexibility index (Phi) is 5.56. The van der Waals surface area contributed by atoms with Gasteiger partial charge in [0.2, 0.25) is 5.91 Å². The lowest BCUT2D eigenvalue weighted by Gasteiger charge is -2.29. The number of hydrogen-bond acceptors (Lipinski definition) is 3. The van der Waals surface area contributed by atoms with Crippen LogP contribution in [0.1, 0.15) is 42.1 Å². The molecule has 0 bridgehead atoms. The Morgan fingerprint density at radius 2 is 2.04 bits per heavy atom. The highest BCUT2D eigenvalue weighted by atomic mass is 16.5. The summed E-state index contributed by atoms with van der Waals surface area (Å²) in [5, 5.41) is 2.93. The molecule has 2 aromatic carbocycles. The van der Waals surface area contributed by atoms with Gasteiger partial charge < -0.3 is 15.0 Å². The maximum absolute atomic E-state index is 12.5. The summed E-state index contributed by atoms with van der Waals surface area (Å²) in [7, 11) is 1.58. The SMILES string of the molecule is CCCCN1C(=O)CCc2cc(NC(=O)c3cccc(OC)c3)ccc21. The number of benzene rings is 2. The van der Waals surface area contributed by atoms with Crippen LogP contribution < -0.4 is 15.0 Å². The van der Waals surface area contributed by atoms with E-state index in [0.29, 0.717) is 24.2 Å². The molecule has 1 aliphatic rings. The molecule has 0 saturated carbocycles. The van der Waals surface area contributed by atoms with Gasteiger partial charge in [-0.3, -0.25) is 9.59 Å². The molecule has 0 unspecified atom stereocenters. The number of fused-ring (bicyclic) bond motifs is 1.